The summed E-state index contributed by atoms with van der Waals surface area (Å²) >= 11 is 0. The zero-order valence-corrected chi connectivity index (χ0v) is 15.0. The quantitative estimate of drug-likeness (QED) is 0.841. The van der Waals surface area contributed by atoms with Gasteiger partial charge < -0.3 is 14.9 Å². The van der Waals surface area contributed by atoms with Crippen molar-refractivity contribution in [2.45, 2.75) is 37.7 Å². The van der Waals surface area contributed by atoms with Gasteiger partial charge in [-0.3, -0.25) is 9.89 Å². The standard InChI is InChI=1S/C18H24N6O2/c1-23(16(25)15-13-5-2-3-6-14(13)21-22-15)11-18(26)7-10-24(12-18)17-19-8-4-9-20-17/h4,8-9,26H,2-3,5-7,10-12H2,1H3,(H,21,22). The average molecular weight is 356 g/mol. The maximum atomic E-state index is 12.9. The van der Waals surface area contributed by atoms with Gasteiger partial charge in [0.15, 0.2) is 5.69 Å². The number of β-amino-alcohol motifs (C(OH)–C–C–N with tert-alkyl or cyclic N) is 1. The lowest BCUT2D eigenvalue weighted by Gasteiger charge is -2.29. The number of fused-ring (bicyclic) bond motifs is 1. The maximum Gasteiger partial charge on any atom is 0.274 e. The Balaban J connectivity index is 1.44. The lowest BCUT2D eigenvalue weighted by molar-refractivity contribution is 0.0261. The number of H-pyrrole nitrogens is 1. The summed E-state index contributed by atoms with van der Waals surface area (Å²) in [4.78, 5) is 24.9. The van der Waals surface area contributed by atoms with Crippen LogP contribution in [-0.2, 0) is 12.8 Å². The molecular weight excluding hydrogens is 332 g/mol. The Bertz CT molecular complexity index is 792. The molecule has 2 aromatic heterocycles. The number of aromatic nitrogens is 4. The molecule has 1 saturated heterocycles. The van der Waals surface area contributed by atoms with Gasteiger partial charge in [0.25, 0.3) is 5.91 Å². The summed E-state index contributed by atoms with van der Waals surface area (Å²) in [5, 5.41) is 18.2. The van der Waals surface area contributed by atoms with Gasteiger partial charge >= 0.3 is 0 Å². The van der Waals surface area contributed by atoms with Crippen LogP contribution in [0.15, 0.2) is 18.5 Å². The number of aliphatic hydroxyl groups is 1. The molecule has 8 heteroatoms. The van der Waals surface area contributed by atoms with Crippen LogP contribution in [0.5, 0.6) is 0 Å². The predicted octanol–water partition coefficient (Wildman–Crippen LogP) is 0.792. The van der Waals surface area contributed by atoms with Gasteiger partial charge in [0.05, 0.1) is 13.1 Å². The molecule has 2 N–H and O–H groups in total. The van der Waals surface area contributed by atoms with Crippen molar-refractivity contribution in [1.82, 2.24) is 25.1 Å². The molecule has 1 amide bonds. The zero-order chi connectivity index (χ0) is 18.1. The van der Waals surface area contributed by atoms with Gasteiger partial charge in [-0.25, -0.2) is 9.97 Å². The minimum absolute atomic E-state index is 0.132. The largest absolute Gasteiger partial charge is 0.386 e. The molecule has 2 aliphatic rings. The molecule has 2 aromatic rings. The summed E-state index contributed by atoms with van der Waals surface area (Å²) in [5.41, 5.74) is 1.66. The number of anilines is 1. The molecule has 1 unspecified atom stereocenters. The second-order valence-electron chi connectivity index (χ2n) is 7.34. The van der Waals surface area contributed by atoms with E-state index in [1.54, 1.807) is 30.4 Å². The molecule has 1 aliphatic carbocycles. The van der Waals surface area contributed by atoms with Crippen molar-refractivity contribution >= 4 is 11.9 Å². The van der Waals surface area contributed by atoms with E-state index in [0.717, 1.165) is 36.9 Å². The number of nitrogens with one attached hydrogen (secondary N) is 1. The summed E-state index contributed by atoms with van der Waals surface area (Å²) in [6.07, 6.45) is 8.02. The number of amides is 1. The number of aromatic amines is 1. The summed E-state index contributed by atoms with van der Waals surface area (Å²) in [7, 11) is 1.73. The number of hydrogen-bond acceptors (Lipinski definition) is 6. The van der Waals surface area contributed by atoms with Crippen LogP contribution >= 0.6 is 0 Å². The van der Waals surface area contributed by atoms with Crippen LogP contribution in [0.1, 0.15) is 41.0 Å². The second-order valence-corrected chi connectivity index (χ2v) is 7.34. The van der Waals surface area contributed by atoms with Crippen molar-refractivity contribution in [3.63, 3.8) is 0 Å². The van der Waals surface area contributed by atoms with E-state index in [1.807, 2.05) is 4.90 Å². The Morgan fingerprint density at radius 1 is 1.35 bits per heavy atom. The van der Waals surface area contributed by atoms with Gasteiger partial charge in [-0.15, -0.1) is 0 Å². The summed E-state index contributed by atoms with van der Waals surface area (Å²) in [5.74, 6) is 0.478. The monoisotopic (exact) mass is 356 g/mol. The van der Waals surface area contributed by atoms with Crippen LogP contribution < -0.4 is 4.90 Å². The molecule has 4 rings (SSSR count). The van der Waals surface area contributed by atoms with Crippen molar-refractivity contribution in [2.75, 3.05) is 31.6 Å². The van der Waals surface area contributed by atoms with Crippen LogP contribution in [0.2, 0.25) is 0 Å². The van der Waals surface area contributed by atoms with Crippen LogP contribution in [-0.4, -0.2) is 68.4 Å². The highest BCUT2D eigenvalue weighted by Gasteiger charge is 2.39. The lowest BCUT2D eigenvalue weighted by Crippen LogP contribution is -2.46. The van der Waals surface area contributed by atoms with Crippen molar-refractivity contribution < 1.29 is 9.90 Å². The van der Waals surface area contributed by atoms with Gasteiger partial charge in [-0.05, 0) is 38.2 Å². The van der Waals surface area contributed by atoms with Crippen LogP contribution in [0, 0.1) is 0 Å². The molecule has 3 heterocycles. The van der Waals surface area contributed by atoms with Gasteiger partial charge in [0.1, 0.15) is 5.60 Å². The first-order valence-corrected chi connectivity index (χ1v) is 9.12. The van der Waals surface area contributed by atoms with E-state index in [4.69, 9.17) is 0 Å². The van der Waals surface area contributed by atoms with E-state index in [0.29, 0.717) is 31.2 Å². The molecule has 0 spiro atoms. The van der Waals surface area contributed by atoms with E-state index in [-0.39, 0.29) is 12.5 Å². The molecule has 0 aromatic carbocycles. The fourth-order valence-electron chi connectivity index (χ4n) is 3.96. The van der Waals surface area contributed by atoms with E-state index in [1.165, 1.54) is 0 Å². The van der Waals surface area contributed by atoms with Crippen molar-refractivity contribution in [3.8, 4) is 0 Å². The third-order valence-electron chi connectivity index (χ3n) is 5.30. The Kier molecular flexibility index (Phi) is 4.36. The predicted molar refractivity (Wildman–Crippen MR) is 96.0 cm³/mol. The normalized spacial score (nSPS) is 22.3. The number of nitrogens with zero attached hydrogens (tertiary/aromatic N) is 5. The number of hydrogen-bond donors (Lipinski definition) is 2. The van der Waals surface area contributed by atoms with Gasteiger partial charge in [-0.1, -0.05) is 0 Å². The molecule has 0 saturated carbocycles. The van der Waals surface area contributed by atoms with Crippen LogP contribution in [0.4, 0.5) is 5.95 Å². The smallest absolute Gasteiger partial charge is 0.274 e. The highest BCUT2D eigenvalue weighted by molar-refractivity contribution is 5.94. The topological polar surface area (TPSA) is 98.2 Å². The summed E-state index contributed by atoms with van der Waals surface area (Å²) in [6, 6.07) is 1.77. The second kappa shape index (κ2) is 6.68. The number of carbonyl (C=O) groups is 1. The Hall–Kier alpha value is -2.48. The first-order chi connectivity index (χ1) is 12.6. The molecule has 1 fully saturated rings. The fraction of sp³-hybridized carbons (Fsp3) is 0.556. The van der Waals surface area contributed by atoms with Crippen molar-refractivity contribution in [1.29, 1.82) is 0 Å². The molecule has 0 bridgehead atoms. The Morgan fingerprint density at radius 3 is 2.92 bits per heavy atom. The minimum atomic E-state index is -0.972. The first-order valence-electron chi connectivity index (χ1n) is 9.12. The third kappa shape index (κ3) is 3.16. The summed E-state index contributed by atoms with van der Waals surface area (Å²) < 4.78 is 0. The van der Waals surface area contributed by atoms with E-state index >= 15 is 0 Å². The number of likely N-dealkylation sites (N-methyl/N-ethyl adjacent to an activating group) is 1. The third-order valence-corrected chi connectivity index (χ3v) is 5.30. The Labute approximate surface area is 152 Å². The molecule has 8 nitrogen and oxygen atoms in total. The molecule has 1 atom stereocenters. The van der Waals surface area contributed by atoms with E-state index < -0.39 is 5.60 Å². The van der Waals surface area contributed by atoms with Gasteiger partial charge in [0.2, 0.25) is 5.95 Å². The molecular formula is C18H24N6O2. The van der Waals surface area contributed by atoms with Crippen LogP contribution in [0.3, 0.4) is 0 Å². The highest BCUT2D eigenvalue weighted by Crippen LogP contribution is 2.27. The van der Waals surface area contributed by atoms with Crippen molar-refractivity contribution in [3.05, 3.63) is 35.4 Å². The molecule has 1 aliphatic heterocycles. The highest BCUT2D eigenvalue weighted by atomic mass is 16.3. The number of rotatable bonds is 4. The minimum Gasteiger partial charge on any atom is -0.386 e. The fourth-order valence-corrected chi connectivity index (χ4v) is 3.96. The lowest BCUT2D eigenvalue weighted by atomic mass is 9.95. The van der Waals surface area contributed by atoms with Gasteiger partial charge in [-0.2, -0.15) is 5.10 Å². The molecule has 138 valence electrons. The first kappa shape index (κ1) is 17.0. The Morgan fingerprint density at radius 2 is 2.12 bits per heavy atom. The average Bonchev–Trinajstić information content (AvgIpc) is 3.26. The van der Waals surface area contributed by atoms with Gasteiger partial charge in [0, 0.05) is 37.2 Å². The zero-order valence-electron chi connectivity index (χ0n) is 15.0. The molecule has 26 heavy (non-hydrogen) atoms. The molecule has 0 radical (unpaired) electrons. The van der Waals surface area contributed by atoms with Crippen LogP contribution in [0.25, 0.3) is 0 Å². The van der Waals surface area contributed by atoms with Crippen molar-refractivity contribution in [2.24, 2.45) is 0 Å². The SMILES string of the molecule is CN(CC1(O)CCN(c2ncccn2)C1)C(=O)c1n[nH]c2c1CCCC2. The maximum absolute atomic E-state index is 12.9. The van der Waals surface area contributed by atoms with E-state index in [2.05, 4.69) is 20.2 Å². The van der Waals surface area contributed by atoms with E-state index in [9.17, 15) is 9.90 Å². The summed E-state index contributed by atoms with van der Waals surface area (Å²) in [6.45, 7) is 1.34. The number of carbonyl (C=O) groups excluding carboxylic acids is 1. The number of aryl methyl sites for hydroxylation is 1.